The number of carbonyl (C=O) groups is 1. The number of para-hydroxylation sites is 1. The lowest BCUT2D eigenvalue weighted by atomic mass is 10.0. The fourth-order valence-electron chi connectivity index (χ4n) is 2.64. The Morgan fingerprint density at radius 3 is 2.76 bits per heavy atom. The van der Waals surface area contributed by atoms with Crippen molar-refractivity contribution in [1.82, 2.24) is 4.98 Å². The number of fused-ring (bicyclic) bond motifs is 1. The van der Waals surface area contributed by atoms with E-state index in [1.807, 2.05) is 42.5 Å². The van der Waals surface area contributed by atoms with Crippen LogP contribution < -0.4 is 4.74 Å². The van der Waals surface area contributed by atoms with Crippen LogP contribution in [0.25, 0.3) is 22.2 Å². The van der Waals surface area contributed by atoms with Crippen molar-refractivity contribution in [2.24, 2.45) is 0 Å². The van der Waals surface area contributed by atoms with E-state index in [1.165, 1.54) is 0 Å². The number of carboxylic acids is 1. The van der Waals surface area contributed by atoms with Gasteiger partial charge in [-0.1, -0.05) is 25.5 Å². The minimum Gasteiger partial charge on any atom is -0.493 e. The molecule has 0 atom stereocenters. The number of hydrogen-bond acceptors (Lipinski definition) is 3. The fourth-order valence-corrected chi connectivity index (χ4v) is 3.13. The lowest BCUT2D eigenvalue weighted by molar-refractivity contribution is 0.0699. The average molecular weight is 447 g/mol. The predicted octanol–water partition coefficient (Wildman–Crippen LogP) is 5.38. The van der Waals surface area contributed by atoms with E-state index in [1.54, 1.807) is 6.07 Å². The van der Waals surface area contributed by atoms with Crippen LogP contribution in [0, 0.1) is 3.57 Å². The summed E-state index contributed by atoms with van der Waals surface area (Å²) < 4.78 is 6.85. The van der Waals surface area contributed by atoms with Crippen LogP contribution in [0.3, 0.4) is 0 Å². The van der Waals surface area contributed by atoms with Gasteiger partial charge in [-0.3, -0.25) is 0 Å². The highest BCUT2D eigenvalue weighted by Crippen LogP contribution is 2.32. The van der Waals surface area contributed by atoms with E-state index in [-0.39, 0.29) is 5.56 Å². The number of pyridine rings is 1. The van der Waals surface area contributed by atoms with Gasteiger partial charge in [0.25, 0.3) is 0 Å². The quantitative estimate of drug-likeness (QED) is 0.407. The zero-order valence-corrected chi connectivity index (χ0v) is 16.0. The number of nitrogens with zero attached hydrogens (tertiary/aromatic N) is 1. The Bertz CT molecular complexity index is 924. The Kier molecular flexibility index (Phi) is 5.53. The minimum atomic E-state index is -0.958. The van der Waals surface area contributed by atoms with E-state index in [0.29, 0.717) is 23.2 Å². The number of halogens is 1. The maximum absolute atomic E-state index is 11.7. The summed E-state index contributed by atoms with van der Waals surface area (Å²) in [7, 11) is 0. The highest BCUT2D eigenvalue weighted by Gasteiger charge is 2.15. The molecular formula is C20H18INO3. The van der Waals surface area contributed by atoms with Crippen molar-refractivity contribution in [3.05, 3.63) is 57.7 Å². The molecule has 0 fully saturated rings. The lowest BCUT2D eigenvalue weighted by Gasteiger charge is -2.12. The third kappa shape index (κ3) is 3.92. The molecule has 0 aliphatic carbocycles. The van der Waals surface area contributed by atoms with Crippen LogP contribution in [-0.4, -0.2) is 22.7 Å². The minimum absolute atomic E-state index is 0.252. The Labute approximate surface area is 160 Å². The van der Waals surface area contributed by atoms with Gasteiger partial charge in [0, 0.05) is 14.5 Å². The molecule has 2 aromatic carbocycles. The van der Waals surface area contributed by atoms with E-state index < -0.39 is 5.97 Å². The largest absolute Gasteiger partial charge is 0.493 e. The molecule has 0 aliphatic heterocycles. The molecule has 0 radical (unpaired) electrons. The number of rotatable bonds is 6. The normalized spacial score (nSPS) is 10.8. The topological polar surface area (TPSA) is 59.4 Å². The van der Waals surface area contributed by atoms with Gasteiger partial charge >= 0.3 is 5.97 Å². The van der Waals surface area contributed by atoms with Crippen molar-refractivity contribution in [2.75, 3.05) is 6.61 Å². The molecule has 4 nitrogen and oxygen atoms in total. The maximum Gasteiger partial charge on any atom is 0.336 e. The number of hydrogen-bond donors (Lipinski definition) is 1. The number of benzene rings is 2. The lowest BCUT2D eigenvalue weighted by Crippen LogP contribution is -2.02. The molecule has 5 heteroatoms. The molecule has 0 unspecified atom stereocenters. The number of aromatic nitrogens is 1. The van der Waals surface area contributed by atoms with Gasteiger partial charge in [0.2, 0.25) is 0 Å². The van der Waals surface area contributed by atoms with Crippen LogP contribution in [0.4, 0.5) is 0 Å². The molecule has 0 spiro atoms. The van der Waals surface area contributed by atoms with Crippen LogP contribution in [0.15, 0.2) is 48.5 Å². The molecule has 3 rings (SSSR count). The Hall–Kier alpha value is -2.15. The first-order chi connectivity index (χ1) is 12.1. The van der Waals surface area contributed by atoms with Gasteiger partial charge in [0.1, 0.15) is 5.75 Å². The zero-order chi connectivity index (χ0) is 17.8. The summed E-state index contributed by atoms with van der Waals surface area (Å²) in [6, 6.07) is 14.9. The van der Waals surface area contributed by atoms with Crippen molar-refractivity contribution in [1.29, 1.82) is 0 Å². The smallest absolute Gasteiger partial charge is 0.336 e. The summed E-state index contributed by atoms with van der Waals surface area (Å²) in [5, 5.41) is 10.3. The standard InChI is InChI=1S/C20H18INO3/c1-2-3-10-25-19-7-5-4-6-14(19)18-12-16(20(23)24)15-11-13(21)8-9-17(15)22-18/h4-9,11-12H,2-3,10H2,1H3,(H,23,24). The van der Waals surface area contributed by atoms with E-state index in [9.17, 15) is 9.90 Å². The highest BCUT2D eigenvalue weighted by molar-refractivity contribution is 14.1. The van der Waals surface area contributed by atoms with Crippen molar-refractivity contribution < 1.29 is 14.6 Å². The van der Waals surface area contributed by atoms with Crippen LogP contribution in [0.1, 0.15) is 30.1 Å². The molecule has 0 bridgehead atoms. The zero-order valence-electron chi connectivity index (χ0n) is 13.8. The van der Waals surface area contributed by atoms with Gasteiger partial charge in [0.05, 0.1) is 23.4 Å². The van der Waals surface area contributed by atoms with Crippen molar-refractivity contribution in [3.8, 4) is 17.0 Å². The van der Waals surface area contributed by atoms with Crippen LogP contribution >= 0.6 is 22.6 Å². The first kappa shape index (κ1) is 17.7. The first-order valence-electron chi connectivity index (χ1n) is 8.16. The summed E-state index contributed by atoms with van der Waals surface area (Å²) in [5.41, 5.74) is 2.33. The van der Waals surface area contributed by atoms with E-state index in [0.717, 1.165) is 27.7 Å². The van der Waals surface area contributed by atoms with Crippen LogP contribution in [0.2, 0.25) is 0 Å². The van der Waals surface area contributed by atoms with Crippen molar-refractivity contribution >= 4 is 39.5 Å². The first-order valence-corrected chi connectivity index (χ1v) is 9.24. The maximum atomic E-state index is 11.7. The molecule has 25 heavy (non-hydrogen) atoms. The number of unbranched alkanes of at least 4 members (excludes halogenated alkanes) is 1. The molecule has 1 heterocycles. The van der Waals surface area contributed by atoms with E-state index in [4.69, 9.17) is 4.74 Å². The highest BCUT2D eigenvalue weighted by atomic mass is 127. The monoisotopic (exact) mass is 447 g/mol. The average Bonchev–Trinajstić information content (AvgIpc) is 2.61. The van der Waals surface area contributed by atoms with E-state index in [2.05, 4.69) is 34.5 Å². The molecule has 3 aromatic rings. The second-order valence-electron chi connectivity index (χ2n) is 5.72. The summed E-state index contributed by atoms with van der Waals surface area (Å²) in [6.07, 6.45) is 2.02. The molecule has 128 valence electrons. The van der Waals surface area contributed by atoms with Crippen LogP contribution in [0.5, 0.6) is 5.75 Å². The third-order valence-corrected chi connectivity index (χ3v) is 4.59. The van der Waals surface area contributed by atoms with E-state index >= 15 is 0 Å². The molecule has 1 aromatic heterocycles. The van der Waals surface area contributed by atoms with Crippen molar-refractivity contribution in [2.45, 2.75) is 19.8 Å². The predicted molar refractivity (Wildman–Crippen MR) is 107 cm³/mol. The number of carboxylic acid groups (broad SMARTS) is 1. The second-order valence-corrected chi connectivity index (χ2v) is 6.97. The third-order valence-electron chi connectivity index (χ3n) is 3.92. The van der Waals surface area contributed by atoms with Gasteiger partial charge in [-0.2, -0.15) is 0 Å². The summed E-state index contributed by atoms with van der Waals surface area (Å²) in [4.78, 5) is 16.4. The SMILES string of the molecule is CCCCOc1ccccc1-c1cc(C(=O)O)c2cc(I)ccc2n1. The van der Waals surface area contributed by atoms with Gasteiger partial charge in [-0.05, 0) is 65.4 Å². The van der Waals surface area contributed by atoms with Gasteiger partial charge < -0.3 is 9.84 Å². The Morgan fingerprint density at radius 1 is 1.20 bits per heavy atom. The van der Waals surface area contributed by atoms with Crippen molar-refractivity contribution in [3.63, 3.8) is 0 Å². The van der Waals surface area contributed by atoms with Crippen LogP contribution in [-0.2, 0) is 0 Å². The molecular weight excluding hydrogens is 429 g/mol. The van der Waals surface area contributed by atoms with Gasteiger partial charge in [-0.15, -0.1) is 0 Å². The van der Waals surface area contributed by atoms with Gasteiger partial charge in [-0.25, -0.2) is 9.78 Å². The molecule has 0 saturated heterocycles. The summed E-state index contributed by atoms with van der Waals surface area (Å²) in [5.74, 6) is -0.232. The fraction of sp³-hybridized carbons (Fsp3) is 0.200. The summed E-state index contributed by atoms with van der Waals surface area (Å²) in [6.45, 7) is 2.74. The number of aromatic carboxylic acids is 1. The number of ether oxygens (including phenoxy) is 1. The summed E-state index contributed by atoms with van der Waals surface area (Å²) >= 11 is 2.17. The molecule has 0 amide bonds. The Morgan fingerprint density at radius 2 is 2.00 bits per heavy atom. The van der Waals surface area contributed by atoms with Gasteiger partial charge in [0.15, 0.2) is 0 Å². The molecule has 0 saturated carbocycles. The Balaban J connectivity index is 2.13. The molecule has 0 aliphatic rings. The second kappa shape index (κ2) is 7.82. The molecule has 1 N–H and O–H groups in total.